The van der Waals surface area contributed by atoms with Gasteiger partial charge in [0.25, 0.3) is 0 Å². The first-order chi connectivity index (χ1) is 10.7. The summed E-state index contributed by atoms with van der Waals surface area (Å²) in [6, 6.07) is 0. The van der Waals surface area contributed by atoms with Crippen LogP contribution < -0.4 is 0 Å². The summed E-state index contributed by atoms with van der Waals surface area (Å²) < 4.78 is 13.9. The van der Waals surface area contributed by atoms with Crippen molar-refractivity contribution in [2.24, 2.45) is 0 Å². The van der Waals surface area contributed by atoms with Crippen LogP contribution in [0.2, 0.25) is 27.7 Å². The Bertz CT molecular complexity index is 277. The quantitative estimate of drug-likeness (QED) is 0.485. The minimum absolute atomic E-state index is 0.718. The third-order valence-corrected chi connectivity index (χ3v) is 16.6. The summed E-state index contributed by atoms with van der Waals surface area (Å²) in [5.41, 5.74) is 3.65. The van der Waals surface area contributed by atoms with Gasteiger partial charge in [0, 0.05) is 0 Å². The topological polar surface area (TPSA) is 18.5 Å². The van der Waals surface area contributed by atoms with E-state index in [-0.39, 0.29) is 0 Å². The Kier molecular flexibility index (Phi) is 9.90. The van der Waals surface area contributed by atoms with Crippen LogP contribution in [0.15, 0.2) is 0 Å². The van der Waals surface area contributed by atoms with Gasteiger partial charge in [0.05, 0.1) is 0 Å². The molecular weight excluding hydrogens is 332 g/mol. The molecule has 0 amide bonds. The molecule has 5 heteroatoms. The zero-order valence-electron chi connectivity index (χ0n) is 17.0. The van der Waals surface area contributed by atoms with Crippen LogP contribution >= 0.6 is 0 Å². The summed E-state index contributed by atoms with van der Waals surface area (Å²) in [4.78, 5) is 0. The van der Waals surface area contributed by atoms with Crippen molar-refractivity contribution in [2.45, 2.75) is 115 Å². The van der Waals surface area contributed by atoms with Gasteiger partial charge in [0.1, 0.15) is 0 Å². The van der Waals surface area contributed by atoms with Crippen LogP contribution in [0.25, 0.3) is 0 Å². The van der Waals surface area contributed by atoms with Gasteiger partial charge < -0.3 is 8.23 Å². The SMILES string of the molecule is CC(C)[SiH](O[SiH](O[SiH](C(C)C)C(C)C)C1CCCCC1)C(C)C. The molecular formula is C18H42O2Si3. The molecule has 1 aliphatic rings. The maximum Gasteiger partial charge on any atom is 0.303 e. The van der Waals surface area contributed by atoms with E-state index in [4.69, 9.17) is 8.23 Å². The minimum atomic E-state index is -1.53. The van der Waals surface area contributed by atoms with Gasteiger partial charge in [0.2, 0.25) is 0 Å². The average molecular weight is 375 g/mol. The van der Waals surface area contributed by atoms with Gasteiger partial charge in [-0.25, -0.2) is 0 Å². The van der Waals surface area contributed by atoms with Crippen LogP contribution in [-0.2, 0) is 8.23 Å². The third-order valence-electron chi connectivity index (χ3n) is 5.25. The van der Waals surface area contributed by atoms with Crippen molar-refractivity contribution in [1.82, 2.24) is 0 Å². The summed E-state index contributed by atoms with van der Waals surface area (Å²) in [6.45, 7) is 18.9. The number of rotatable bonds is 9. The van der Waals surface area contributed by atoms with Crippen LogP contribution in [0.5, 0.6) is 0 Å². The van der Waals surface area contributed by atoms with Crippen LogP contribution in [0.4, 0.5) is 0 Å². The molecule has 0 atom stereocenters. The molecule has 0 saturated heterocycles. The number of hydrogen-bond acceptors (Lipinski definition) is 2. The van der Waals surface area contributed by atoms with Crippen molar-refractivity contribution in [1.29, 1.82) is 0 Å². The Hall–Kier alpha value is 0.571. The fourth-order valence-corrected chi connectivity index (χ4v) is 18.4. The fourth-order valence-electron chi connectivity index (χ4n) is 4.14. The van der Waals surface area contributed by atoms with E-state index < -0.39 is 27.4 Å². The molecule has 0 N–H and O–H groups in total. The molecule has 2 nitrogen and oxygen atoms in total. The van der Waals surface area contributed by atoms with Gasteiger partial charge in [-0.1, -0.05) is 74.7 Å². The lowest BCUT2D eigenvalue weighted by Gasteiger charge is -2.38. The summed E-state index contributed by atoms with van der Waals surface area (Å²) >= 11 is 0. The van der Waals surface area contributed by atoms with Crippen molar-refractivity contribution >= 4 is 27.4 Å². The van der Waals surface area contributed by atoms with Crippen molar-refractivity contribution < 1.29 is 8.23 Å². The maximum atomic E-state index is 6.93. The smallest absolute Gasteiger partial charge is 0.303 e. The Balaban J connectivity index is 2.86. The van der Waals surface area contributed by atoms with E-state index >= 15 is 0 Å². The van der Waals surface area contributed by atoms with Gasteiger partial charge in [-0.15, -0.1) is 0 Å². The van der Waals surface area contributed by atoms with E-state index in [9.17, 15) is 0 Å². The maximum absolute atomic E-state index is 6.93. The van der Waals surface area contributed by atoms with E-state index in [0.29, 0.717) is 0 Å². The molecule has 0 unspecified atom stereocenters. The lowest BCUT2D eigenvalue weighted by molar-refractivity contribution is 0.357. The molecule has 0 radical (unpaired) electrons. The third kappa shape index (κ3) is 7.14. The zero-order chi connectivity index (χ0) is 17.6. The summed E-state index contributed by atoms with van der Waals surface area (Å²) in [5, 5.41) is 0. The highest BCUT2D eigenvalue weighted by atomic mass is 28.4. The lowest BCUT2D eigenvalue weighted by Crippen LogP contribution is -2.44. The summed E-state index contributed by atoms with van der Waals surface area (Å²) in [7, 11) is -3.88. The molecule has 0 spiro atoms. The minimum Gasteiger partial charge on any atom is -0.440 e. The Morgan fingerprint density at radius 1 is 0.609 bits per heavy atom. The molecule has 0 aliphatic heterocycles. The van der Waals surface area contributed by atoms with Gasteiger partial charge >= 0.3 is 9.28 Å². The molecule has 1 fully saturated rings. The van der Waals surface area contributed by atoms with Crippen molar-refractivity contribution in [3.05, 3.63) is 0 Å². The van der Waals surface area contributed by atoms with Gasteiger partial charge in [-0.2, -0.15) is 0 Å². The first-order valence-corrected chi connectivity index (χ1v) is 15.3. The highest BCUT2D eigenvalue weighted by Gasteiger charge is 2.36. The largest absolute Gasteiger partial charge is 0.440 e. The molecule has 138 valence electrons. The van der Waals surface area contributed by atoms with Crippen LogP contribution in [0.1, 0.15) is 87.5 Å². The molecule has 1 rings (SSSR count). The Morgan fingerprint density at radius 3 is 1.26 bits per heavy atom. The van der Waals surface area contributed by atoms with Gasteiger partial charge in [0.15, 0.2) is 18.1 Å². The first-order valence-electron chi connectivity index (χ1n) is 10.0. The summed E-state index contributed by atoms with van der Waals surface area (Å²) in [6.07, 6.45) is 6.94. The molecule has 0 aromatic rings. The molecule has 0 aromatic carbocycles. The van der Waals surface area contributed by atoms with Crippen molar-refractivity contribution in [3.8, 4) is 0 Å². The average Bonchev–Trinajstić information content (AvgIpc) is 2.46. The Morgan fingerprint density at radius 2 is 0.957 bits per heavy atom. The highest BCUT2D eigenvalue weighted by Crippen LogP contribution is 2.36. The van der Waals surface area contributed by atoms with E-state index in [1.165, 1.54) is 32.1 Å². The standard InChI is InChI=1S/C18H42O2Si3/c1-14(2)21(15(3)4)19-23(18-12-10-9-11-13-18)20-22(16(5)6)17(7)8/h14-18,21-23H,9-13H2,1-8H3. The first kappa shape index (κ1) is 21.6. The van der Waals surface area contributed by atoms with Crippen molar-refractivity contribution in [2.75, 3.05) is 0 Å². The lowest BCUT2D eigenvalue weighted by atomic mass is 10.0. The second-order valence-electron chi connectivity index (χ2n) is 8.94. The molecule has 0 aromatic heterocycles. The predicted molar refractivity (Wildman–Crippen MR) is 111 cm³/mol. The van der Waals surface area contributed by atoms with Crippen LogP contribution in [-0.4, -0.2) is 27.4 Å². The second-order valence-corrected chi connectivity index (χ2v) is 20.0. The summed E-state index contributed by atoms with van der Waals surface area (Å²) in [5.74, 6) is 0. The molecule has 23 heavy (non-hydrogen) atoms. The predicted octanol–water partition coefficient (Wildman–Crippen LogP) is 5.66. The second kappa shape index (κ2) is 10.5. The van der Waals surface area contributed by atoms with E-state index in [2.05, 4.69) is 55.4 Å². The molecule has 0 bridgehead atoms. The fraction of sp³-hybridized carbons (Fsp3) is 1.00. The van der Waals surface area contributed by atoms with Gasteiger partial charge in [-0.3, -0.25) is 0 Å². The van der Waals surface area contributed by atoms with Crippen LogP contribution in [0.3, 0.4) is 0 Å². The normalized spacial score (nSPS) is 17.9. The van der Waals surface area contributed by atoms with E-state index in [1.54, 1.807) is 0 Å². The molecule has 1 saturated carbocycles. The number of hydrogen-bond donors (Lipinski definition) is 0. The molecule has 1 aliphatic carbocycles. The van der Waals surface area contributed by atoms with Crippen LogP contribution in [0, 0.1) is 0 Å². The zero-order valence-corrected chi connectivity index (χ0v) is 20.4. The van der Waals surface area contributed by atoms with Gasteiger partial charge in [-0.05, 0) is 40.5 Å². The monoisotopic (exact) mass is 374 g/mol. The van der Waals surface area contributed by atoms with Crippen molar-refractivity contribution in [3.63, 3.8) is 0 Å². The molecule has 0 heterocycles. The van der Waals surface area contributed by atoms with E-state index in [1.807, 2.05) is 0 Å². The Labute approximate surface area is 151 Å². The van der Waals surface area contributed by atoms with E-state index in [0.717, 1.165) is 27.7 Å². The highest BCUT2D eigenvalue weighted by molar-refractivity contribution is 6.71.